The second-order valence-electron chi connectivity index (χ2n) is 4.70. The van der Waals surface area contributed by atoms with Crippen LogP contribution >= 0.6 is 15.9 Å². The molecule has 0 bridgehead atoms. The zero-order valence-electron chi connectivity index (χ0n) is 11.1. The molecule has 0 amide bonds. The number of hydrogen-bond acceptors (Lipinski definition) is 1. The van der Waals surface area contributed by atoms with Crippen LogP contribution in [-0.4, -0.2) is 5.78 Å². The fraction of sp³-hybridized carbons (Fsp3) is 0.188. The number of halogens is 2. The number of carbonyl (C=O) groups is 1. The predicted molar refractivity (Wildman–Crippen MR) is 78.2 cm³/mol. The molecule has 3 heteroatoms. The fourth-order valence-corrected chi connectivity index (χ4v) is 2.76. The van der Waals surface area contributed by atoms with Gasteiger partial charge in [-0.3, -0.25) is 4.79 Å². The van der Waals surface area contributed by atoms with Gasteiger partial charge < -0.3 is 0 Å². The van der Waals surface area contributed by atoms with Crippen molar-refractivity contribution in [2.45, 2.75) is 20.8 Å². The predicted octanol–water partition coefficient (Wildman–Crippen LogP) is 4.74. The van der Waals surface area contributed by atoms with Crippen LogP contribution in [0.25, 0.3) is 0 Å². The number of ketones is 1. The summed E-state index contributed by atoms with van der Waals surface area (Å²) in [6.07, 6.45) is 0. The number of hydrogen-bond donors (Lipinski definition) is 0. The Kier molecular flexibility index (Phi) is 3.85. The zero-order chi connectivity index (χ0) is 14.2. The van der Waals surface area contributed by atoms with Crippen molar-refractivity contribution in [3.8, 4) is 0 Å². The van der Waals surface area contributed by atoms with Crippen LogP contribution in [0.4, 0.5) is 4.39 Å². The van der Waals surface area contributed by atoms with E-state index in [9.17, 15) is 9.18 Å². The van der Waals surface area contributed by atoms with Crippen LogP contribution in [-0.2, 0) is 0 Å². The molecule has 98 valence electrons. The highest BCUT2D eigenvalue weighted by molar-refractivity contribution is 9.10. The third-order valence-corrected chi connectivity index (χ3v) is 3.65. The van der Waals surface area contributed by atoms with Crippen LogP contribution in [0.1, 0.15) is 32.6 Å². The molecule has 19 heavy (non-hydrogen) atoms. The molecular formula is C16H14BrFO. The van der Waals surface area contributed by atoms with E-state index in [1.807, 2.05) is 19.1 Å². The molecule has 0 aliphatic rings. The van der Waals surface area contributed by atoms with E-state index >= 15 is 0 Å². The molecule has 0 aromatic heterocycles. The largest absolute Gasteiger partial charge is 0.289 e. The number of benzene rings is 2. The summed E-state index contributed by atoms with van der Waals surface area (Å²) in [7, 11) is 0. The molecule has 2 rings (SSSR count). The number of carbonyl (C=O) groups excluding carboxylic acids is 1. The van der Waals surface area contributed by atoms with Crippen LogP contribution in [0.3, 0.4) is 0 Å². The van der Waals surface area contributed by atoms with Gasteiger partial charge in [-0.05, 0) is 67.8 Å². The van der Waals surface area contributed by atoms with Crippen molar-refractivity contribution >= 4 is 21.7 Å². The van der Waals surface area contributed by atoms with E-state index in [0.717, 1.165) is 10.0 Å². The molecular weight excluding hydrogens is 307 g/mol. The third kappa shape index (κ3) is 2.76. The Balaban J connectivity index is 2.56. The van der Waals surface area contributed by atoms with Gasteiger partial charge in [0.1, 0.15) is 5.82 Å². The maximum absolute atomic E-state index is 13.3. The third-order valence-electron chi connectivity index (χ3n) is 3.16. The molecule has 0 saturated carbocycles. The van der Waals surface area contributed by atoms with Gasteiger partial charge in [-0.1, -0.05) is 15.9 Å². The van der Waals surface area contributed by atoms with Crippen molar-refractivity contribution in [2.24, 2.45) is 0 Å². The summed E-state index contributed by atoms with van der Waals surface area (Å²) in [5.41, 5.74) is 3.49. The Bertz CT molecular complexity index is 639. The Labute approximate surface area is 120 Å². The quantitative estimate of drug-likeness (QED) is 0.730. The Hall–Kier alpha value is -1.48. The molecule has 2 aromatic rings. The van der Waals surface area contributed by atoms with Crippen LogP contribution in [0.15, 0.2) is 34.8 Å². The normalized spacial score (nSPS) is 10.6. The first kappa shape index (κ1) is 13.9. The van der Waals surface area contributed by atoms with Gasteiger partial charge in [0.15, 0.2) is 5.78 Å². The molecule has 1 nitrogen and oxygen atoms in total. The lowest BCUT2D eigenvalue weighted by Crippen LogP contribution is -2.08. The Morgan fingerprint density at radius 1 is 1.00 bits per heavy atom. The van der Waals surface area contributed by atoms with Crippen molar-refractivity contribution in [1.29, 1.82) is 0 Å². The van der Waals surface area contributed by atoms with E-state index in [0.29, 0.717) is 22.3 Å². The van der Waals surface area contributed by atoms with Crippen LogP contribution in [0.2, 0.25) is 0 Å². The summed E-state index contributed by atoms with van der Waals surface area (Å²) in [6, 6.07) is 8.34. The lowest BCUT2D eigenvalue weighted by atomic mass is 9.93. The molecule has 0 N–H and O–H groups in total. The molecule has 0 saturated heterocycles. The van der Waals surface area contributed by atoms with Crippen molar-refractivity contribution in [2.75, 3.05) is 0 Å². The second-order valence-corrected chi connectivity index (χ2v) is 5.62. The molecule has 0 atom stereocenters. The molecule has 0 spiro atoms. The van der Waals surface area contributed by atoms with E-state index in [-0.39, 0.29) is 11.6 Å². The smallest absolute Gasteiger partial charge is 0.193 e. The highest BCUT2D eigenvalue weighted by atomic mass is 79.9. The summed E-state index contributed by atoms with van der Waals surface area (Å²) >= 11 is 3.38. The Morgan fingerprint density at radius 3 is 2.11 bits per heavy atom. The summed E-state index contributed by atoms with van der Waals surface area (Å²) in [6.45, 7) is 5.42. The van der Waals surface area contributed by atoms with Gasteiger partial charge in [0.2, 0.25) is 0 Å². The van der Waals surface area contributed by atoms with Crippen LogP contribution in [0, 0.1) is 26.6 Å². The van der Waals surface area contributed by atoms with E-state index in [4.69, 9.17) is 0 Å². The first-order valence-corrected chi connectivity index (χ1v) is 6.77. The first-order chi connectivity index (χ1) is 8.90. The van der Waals surface area contributed by atoms with Gasteiger partial charge in [0.05, 0.1) is 0 Å². The zero-order valence-corrected chi connectivity index (χ0v) is 12.6. The number of rotatable bonds is 2. The monoisotopic (exact) mass is 320 g/mol. The average molecular weight is 321 g/mol. The summed E-state index contributed by atoms with van der Waals surface area (Å²) < 4.78 is 14.2. The molecule has 2 aromatic carbocycles. The number of aryl methyl sites for hydroxylation is 3. The summed E-state index contributed by atoms with van der Waals surface area (Å²) in [5, 5.41) is 0. The standard InChI is InChI=1S/C16H14BrFO/c1-9-6-12(17)4-5-14(9)16(19)15-10(2)7-13(18)8-11(15)3/h4-8H,1-3H3. The molecule has 0 aliphatic carbocycles. The Morgan fingerprint density at radius 2 is 1.58 bits per heavy atom. The van der Waals surface area contributed by atoms with Gasteiger partial charge in [-0.25, -0.2) is 4.39 Å². The SMILES string of the molecule is Cc1cc(Br)ccc1C(=O)c1c(C)cc(F)cc1C. The van der Waals surface area contributed by atoms with Crippen molar-refractivity contribution in [1.82, 2.24) is 0 Å². The molecule has 0 radical (unpaired) electrons. The van der Waals surface area contributed by atoms with E-state index in [1.54, 1.807) is 19.9 Å². The minimum absolute atomic E-state index is 0.0556. The fourth-order valence-electron chi connectivity index (χ4n) is 2.29. The van der Waals surface area contributed by atoms with Gasteiger partial charge in [0.25, 0.3) is 0 Å². The topological polar surface area (TPSA) is 17.1 Å². The summed E-state index contributed by atoms with van der Waals surface area (Å²) in [4.78, 5) is 12.6. The van der Waals surface area contributed by atoms with Gasteiger partial charge >= 0.3 is 0 Å². The summed E-state index contributed by atoms with van der Waals surface area (Å²) in [5.74, 6) is -0.362. The molecule has 0 aliphatic heterocycles. The highest BCUT2D eigenvalue weighted by Gasteiger charge is 2.17. The molecule has 0 heterocycles. The lowest BCUT2D eigenvalue weighted by Gasteiger charge is -2.11. The van der Waals surface area contributed by atoms with Crippen molar-refractivity contribution < 1.29 is 9.18 Å². The first-order valence-electron chi connectivity index (χ1n) is 5.97. The van der Waals surface area contributed by atoms with Crippen molar-refractivity contribution in [3.63, 3.8) is 0 Å². The minimum Gasteiger partial charge on any atom is -0.289 e. The average Bonchev–Trinajstić information content (AvgIpc) is 2.26. The molecule has 0 unspecified atom stereocenters. The molecule has 0 fully saturated rings. The van der Waals surface area contributed by atoms with Crippen LogP contribution < -0.4 is 0 Å². The maximum atomic E-state index is 13.3. The van der Waals surface area contributed by atoms with Gasteiger partial charge in [-0.15, -0.1) is 0 Å². The van der Waals surface area contributed by atoms with Crippen molar-refractivity contribution in [3.05, 3.63) is 68.4 Å². The van der Waals surface area contributed by atoms with Gasteiger partial charge in [-0.2, -0.15) is 0 Å². The van der Waals surface area contributed by atoms with E-state index in [1.165, 1.54) is 12.1 Å². The lowest BCUT2D eigenvalue weighted by molar-refractivity contribution is 0.103. The minimum atomic E-state index is -0.306. The van der Waals surface area contributed by atoms with Crippen LogP contribution in [0.5, 0.6) is 0 Å². The second kappa shape index (κ2) is 5.25. The highest BCUT2D eigenvalue weighted by Crippen LogP contribution is 2.23. The van der Waals surface area contributed by atoms with E-state index in [2.05, 4.69) is 15.9 Å². The maximum Gasteiger partial charge on any atom is 0.193 e. The van der Waals surface area contributed by atoms with Gasteiger partial charge in [0, 0.05) is 15.6 Å². The van der Waals surface area contributed by atoms with E-state index < -0.39 is 0 Å².